The van der Waals surface area contributed by atoms with Crippen LogP contribution >= 0.6 is 0 Å². The second-order valence-electron chi connectivity index (χ2n) is 3.65. The number of carboxylic acid groups (broad SMARTS) is 1. The molecule has 2 rings (SSSR count). The molecule has 0 unspecified atom stereocenters. The Bertz CT molecular complexity index is 455. The van der Waals surface area contributed by atoms with Crippen molar-refractivity contribution in [1.82, 2.24) is 0 Å². The lowest BCUT2D eigenvalue weighted by Crippen LogP contribution is -2.29. The molecule has 0 aliphatic carbocycles. The first-order valence-corrected chi connectivity index (χ1v) is 4.92. The van der Waals surface area contributed by atoms with Crippen LogP contribution in [0.25, 0.3) is 0 Å². The number of anilines is 1. The molecule has 5 nitrogen and oxygen atoms in total. The zero-order chi connectivity index (χ0) is 11.7. The summed E-state index contributed by atoms with van der Waals surface area (Å²) < 4.78 is 0. The molecule has 0 radical (unpaired) electrons. The van der Waals surface area contributed by atoms with Crippen LogP contribution in [0.3, 0.4) is 0 Å². The number of phenolic OH excluding ortho intramolecular Hbond substituents is 1. The predicted octanol–water partition coefficient (Wildman–Crippen LogP) is 0.756. The molecule has 84 valence electrons. The van der Waals surface area contributed by atoms with E-state index in [1.807, 2.05) is 0 Å². The lowest BCUT2D eigenvalue weighted by molar-refractivity contribution is -0.136. The smallest absolute Gasteiger partial charge is 0.305 e. The SMILES string of the molecule is O=C(O)CCN1C(=O)Cc2cccc(O)c21. The highest BCUT2D eigenvalue weighted by Gasteiger charge is 2.29. The fourth-order valence-corrected chi connectivity index (χ4v) is 1.86. The average molecular weight is 221 g/mol. The number of amides is 1. The number of aromatic hydroxyl groups is 1. The maximum absolute atomic E-state index is 11.6. The summed E-state index contributed by atoms with van der Waals surface area (Å²) in [6, 6.07) is 4.92. The summed E-state index contributed by atoms with van der Waals surface area (Å²) in [6.07, 6.45) is 0.100. The summed E-state index contributed by atoms with van der Waals surface area (Å²) in [5, 5.41) is 18.2. The summed E-state index contributed by atoms with van der Waals surface area (Å²) in [5.41, 5.74) is 1.20. The molecule has 0 aromatic heterocycles. The van der Waals surface area contributed by atoms with Crippen LogP contribution in [0, 0.1) is 0 Å². The number of para-hydroxylation sites is 1. The van der Waals surface area contributed by atoms with E-state index in [1.165, 1.54) is 11.0 Å². The van der Waals surface area contributed by atoms with Gasteiger partial charge in [0.25, 0.3) is 0 Å². The van der Waals surface area contributed by atoms with Crippen molar-refractivity contribution in [2.45, 2.75) is 12.8 Å². The molecule has 1 amide bonds. The quantitative estimate of drug-likeness (QED) is 0.789. The Kier molecular flexibility index (Phi) is 2.52. The van der Waals surface area contributed by atoms with E-state index < -0.39 is 5.97 Å². The van der Waals surface area contributed by atoms with E-state index in [4.69, 9.17) is 5.11 Å². The van der Waals surface area contributed by atoms with Gasteiger partial charge in [0, 0.05) is 6.54 Å². The molecule has 0 spiro atoms. The average Bonchev–Trinajstić information content (AvgIpc) is 2.52. The molecule has 2 N–H and O–H groups in total. The Hall–Kier alpha value is -2.04. The van der Waals surface area contributed by atoms with Crippen molar-refractivity contribution in [2.75, 3.05) is 11.4 Å². The van der Waals surface area contributed by atoms with Crippen LogP contribution in [0.2, 0.25) is 0 Å². The first kappa shape index (κ1) is 10.5. The fraction of sp³-hybridized carbons (Fsp3) is 0.273. The summed E-state index contributed by atoms with van der Waals surface area (Å²) in [6.45, 7) is 0.0960. The van der Waals surface area contributed by atoms with Gasteiger partial charge in [-0.2, -0.15) is 0 Å². The third-order valence-electron chi connectivity index (χ3n) is 2.56. The van der Waals surface area contributed by atoms with Crippen LogP contribution in [-0.4, -0.2) is 28.6 Å². The second kappa shape index (κ2) is 3.84. The molecular formula is C11H11NO4. The van der Waals surface area contributed by atoms with Gasteiger partial charge < -0.3 is 15.1 Å². The molecule has 1 aromatic carbocycles. The second-order valence-corrected chi connectivity index (χ2v) is 3.65. The number of hydrogen-bond acceptors (Lipinski definition) is 3. The Balaban J connectivity index is 2.28. The number of benzene rings is 1. The number of phenols is 1. The Morgan fingerprint density at radius 3 is 2.88 bits per heavy atom. The number of aliphatic carboxylic acids is 1. The molecule has 1 aliphatic rings. The third-order valence-corrected chi connectivity index (χ3v) is 2.56. The number of nitrogens with zero attached hydrogens (tertiary/aromatic N) is 1. The summed E-state index contributed by atoms with van der Waals surface area (Å²) in [4.78, 5) is 23.4. The van der Waals surface area contributed by atoms with Gasteiger partial charge in [-0.15, -0.1) is 0 Å². The zero-order valence-corrected chi connectivity index (χ0v) is 8.51. The van der Waals surface area contributed by atoms with Gasteiger partial charge in [0.1, 0.15) is 5.75 Å². The van der Waals surface area contributed by atoms with E-state index in [1.54, 1.807) is 12.1 Å². The minimum absolute atomic E-state index is 0.0220. The lowest BCUT2D eigenvalue weighted by atomic mass is 10.1. The van der Waals surface area contributed by atoms with Crippen molar-refractivity contribution in [3.05, 3.63) is 23.8 Å². The van der Waals surface area contributed by atoms with Crippen LogP contribution in [0.15, 0.2) is 18.2 Å². The van der Waals surface area contributed by atoms with E-state index in [2.05, 4.69) is 0 Å². The highest BCUT2D eigenvalue weighted by Crippen LogP contribution is 2.36. The van der Waals surface area contributed by atoms with Crippen molar-refractivity contribution >= 4 is 17.6 Å². The molecule has 5 heteroatoms. The van der Waals surface area contributed by atoms with Gasteiger partial charge in [0.15, 0.2) is 0 Å². The van der Waals surface area contributed by atoms with Crippen LogP contribution in [0.4, 0.5) is 5.69 Å². The van der Waals surface area contributed by atoms with Crippen molar-refractivity contribution in [1.29, 1.82) is 0 Å². The van der Waals surface area contributed by atoms with E-state index >= 15 is 0 Å². The molecule has 1 aromatic rings. The van der Waals surface area contributed by atoms with Gasteiger partial charge in [-0.3, -0.25) is 9.59 Å². The number of fused-ring (bicyclic) bond motifs is 1. The number of hydrogen-bond donors (Lipinski definition) is 2. The molecule has 0 bridgehead atoms. The van der Waals surface area contributed by atoms with Crippen molar-refractivity contribution in [3.8, 4) is 5.75 Å². The van der Waals surface area contributed by atoms with E-state index in [0.717, 1.165) is 5.56 Å². The molecule has 0 fully saturated rings. The molecule has 16 heavy (non-hydrogen) atoms. The standard InChI is InChI=1S/C11H11NO4/c13-8-3-1-2-7-6-9(14)12(11(7)8)5-4-10(15)16/h1-3,13H,4-6H2,(H,15,16). The summed E-state index contributed by atoms with van der Waals surface area (Å²) in [5.74, 6) is -1.11. The topological polar surface area (TPSA) is 77.8 Å². The van der Waals surface area contributed by atoms with Crippen molar-refractivity contribution < 1.29 is 19.8 Å². The maximum atomic E-state index is 11.6. The first-order chi connectivity index (χ1) is 7.59. The molecule has 0 atom stereocenters. The van der Waals surface area contributed by atoms with Gasteiger partial charge in [-0.1, -0.05) is 12.1 Å². The first-order valence-electron chi connectivity index (χ1n) is 4.92. The van der Waals surface area contributed by atoms with Gasteiger partial charge in [0.2, 0.25) is 5.91 Å². The van der Waals surface area contributed by atoms with Gasteiger partial charge in [-0.25, -0.2) is 0 Å². The van der Waals surface area contributed by atoms with E-state index in [0.29, 0.717) is 5.69 Å². The minimum atomic E-state index is -0.961. The Morgan fingerprint density at radius 1 is 1.44 bits per heavy atom. The monoisotopic (exact) mass is 221 g/mol. The number of carbonyl (C=O) groups excluding carboxylic acids is 1. The fourth-order valence-electron chi connectivity index (χ4n) is 1.86. The number of carbonyl (C=O) groups is 2. The molecule has 1 aliphatic heterocycles. The van der Waals surface area contributed by atoms with E-state index in [-0.39, 0.29) is 31.0 Å². The van der Waals surface area contributed by atoms with Gasteiger partial charge in [0.05, 0.1) is 18.5 Å². The minimum Gasteiger partial charge on any atom is -0.506 e. The van der Waals surface area contributed by atoms with Gasteiger partial charge in [-0.05, 0) is 11.6 Å². The van der Waals surface area contributed by atoms with Crippen LogP contribution in [0.1, 0.15) is 12.0 Å². The molecule has 0 saturated carbocycles. The Labute approximate surface area is 91.9 Å². The maximum Gasteiger partial charge on any atom is 0.305 e. The summed E-state index contributed by atoms with van der Waals surface area (Å²) in [7, 11) is 0. The molecular weight excluding hydrogens is 210 g/mol. The number of carboxylic acids is 1. The van der Waals surface area contributed by atoms with Gasteiger partial charge >= 0.3 is 5.97 Å². The third kappa shape index (κ3) is 1.71. The largest absolute Gasteiger partial charge is 0.506 e. The van der Waals surface area contributed by atoms with E-state index in [9.17, 15) is 14.7 Å². The Morgan fingerprint density at radius 2 is 2.19 bits per heavy atom. The van der Waals surface area contributed by atoms with Crippen LogP contribution < -0.4 is 4.90 Å². The zero-order valence-electron chi connectivity index (χ0n) is 8.51. The highest BCUT2D eigenvalue weighted by molar-refractivity contribution is 6.03. The van der Waals surface area contributed by atoms with Crippen molar-refractivity contribution in [3.63, 3.8) is 0 Å². The molecule has 1 heterocycles. The van der Waals surface area contributed by atoms with Crippen LogP contribution in [-0.2, 0) is 16.0 Å². The summed E-state index contributed by atoms with van der Waals surface area (Å²) >= 11 is 0. The number of rotatable bonds is 3. The lowest BCUT2D eigenvalue weighted by Gasteiger charge is -2.17. The molecule has 0 saturated heterocycles. The van der Waals surface area contributed by atoms with Crippen LogP contribution in [0.5, 0.6) is 5.75 Å². The van der Waals surface area contributed by atoms with Crippen molar-refractivity contribution in [2.24, 2.45) is 0 Å². The highest BCUT2D eigenvalue weighted by atomic mass is 16.4. The normalized spacial score (nSPS) is 14.0. The predicted molar refractivity (Wildman–Crippen MR) is 56.4 cm³/mol.